The zero-order chi connectivity index (χ0) is 19.6. The van der Waals surface area contributed by atoms with Crippen LogP contribution in [0.25, 0.3) is 0 Å². The highest BCUT2D eigenvalue weighted by molar-refractivity contribution is 6.43. The Bertz CT molecular complexity index is 837. The average molecular weight is 411 g/mol. The van der Waals surface area contributed by atoms with Crippen molar-refractivity contribution in [1.29, 1.82) is 0 Å². The molecule has 2 unspecified atom stereocenters. The molecule has 1 aliphatic rings. The second-order valence-corrected chi connectivity index (χ2v) is 7.52. The van der Waals surface area contributed by atoms with Crippen molar-refractivity contribution in [2.24, 2.45) is 0 Å². The van der Waals surface area contributed by atoms with Crippen LogP contribution in [-0.4, -0.2) is 31.2 Å². The van der Waals surface area contributed by atoms with Crippen molar-refractivity contribution in [3.8, 4) is 0 Å². The van der Waals surface area contributed by atoms with E-state index in [4.69, 9.17) is 27.9 Å². The first-order chi connectivity index (χ1) is 12.8. The van der Waals surface area contributed by atoms with Gasteiger partial charge in [-0.25, -0.2) is 4.39 Å². The van der Waals surface area contributed by atoms with Crippen LogP contribution in [0.15, 0.2) is 36.4 Å². The van der Waals surface area contributed by atoms with Gasteiger partial charge in [-0.05, 0) is 43.7 Å². The van der Waals surface area contributed by atoms with Crippen LogP contribution in [0.4, 0.5) is 10.1 Å². The van der Waals surface area contributed by atoms with Crippen LogP contribution >= 0.6 is 23.2 Å². The lowest BCUT2D eigenvalue weighted by atomic mass is 10.1. The zero-order valence-electron chi connectivity index (χ0n) is 15.1. The van der Waals surface area contributed by atoms with E-state index in [0.717, 1.165) is 0 Å². The smallest absolute Gasteiger partial charge is 0.253 e. The third-order valence-corrected chi connectivity index (χ3v) is 5.24. The fourth-order valence-electron chi connectivity index (χ4n) is 3.25. The molecular weight excluding hydrogens is 390 g/mol. The highest BCUT2D eigenvalue weighted by atomic mass is 35.5. The molecule has 1 aliphatic heterocycles. The molecule has 4 nitrogen and oxygen atoms in total. The fourth-order valence-corrected chi connectivity index (χ4v) is 3.63. The summed E-state index contributed by atoms with van der Waals surface area (Å²) >= 11 is 12.0. The Morgan fingerprint density at radius 3 is 2.59 bits per heavy atom. The Kier molecular flexibility index (Phi) is 6.25. The minimum atomic E-state index is -0.359. The highest BCUT2D eigenvalue weighted by Gasteiger charge is 2.24. The van der Waals surface area contributed by atoms with E-state index in [1.54, 1.807) is 24.3 Å². The summed E-state index contributed by atoms with van der Waals surface area (Å²) in [6, 6.07) is 9.86. The molecule has 1 fully saturated rings. The van der Waals surface area contributed by atoms with Gasteiger partial charge in [0.15, 0.2) is 0 Å². The van der Waals surface area contributed by atoms with E-state index >= 15 is 0 Å². The van der Waals surface area contributed by atoms with Gasteiger partial charge in [-0.3, -0.25) is 4.79 Å². The van der Waals surface area contributed by atoms with Crippen molar-refractivity contribution in [3.63, 3.8) is 0 Å². The summed E-state index contributed by atoms with van der Waals surface area (Å²) in [7, 11) is 0. The molecule has 27 heavy (non-hydrogen) atoms. The molecule has 2 atom stereocenters. The number of nitrogens with zero attached hydrogens (tertiary/aromatic N) is 1. The summed E-state index contributed by atoms with van der Waals surface area (Å²) in [5.41, 5.74) is 1.50. The third-order valence-electron chi connectivity index (χ3n) is 4.42. The first kappa shape index (κ1) is 19.9. The van der Waals surface area contributed by atoms with E-state index in [1.165, 1.54) is 6.07 Å². The first-order valence-electron chi connectivity index (χ1n) is 8.76. The number of hydrogen-bond donors (Lipinski definition) is 1. The summed E-state index contributed by atoms with van der Waals surface area (Å²) in [5, 5.41) is 3.26. The van der Waals surface area contributed by atoms with Crippen LogP contribution in [0.2, 0.25) is 10.0 Å². The van der Waals surface area contributed by atoms with E-state index in [-0.39, 0.29) is 41.1 Å². The number of morpholine rings is 1. The quantitative estimate of drug-likeness (QED) is 0.795. The van der Waals surface area contributed by atoms with Crippen molar-refractivity contribution < 1.29 is 13.9 Å². The molecule has 1 saturated heterocycles. The molecule has 1 N–H and O–H groups in total. The molecule has 144 valence electrons. The van der Waals surface area contributed by atoms with E-state index in [2.05, 4.69) is 5.32 Å². The summed E-state index contributed by atoms with van der Waals surface area (Å²) in [5.74, 6) is -0.674. The number of rotatable bonds is 4. The summed E-state index contributed by atoms with van der Waals surface area (Å²) in [4.78, 5) is 14.3. The van der Waals surface area contributed by atoms with Crippen LogP contribution in [0.1, 0.15) is 29.8 Å². The van der Waals surface area contributed by atoms with E-state index < -0.39 is 0 Å². The maximum Gasteiger partial charge on any atom is 0.253 e. The van der Waals surface area contributed by atoms with Crippen LogP contribution in [0.5, 0.6) is 0 Å². The molecular formula is C20H21Cl2FN2O2. The van der Waals surface area contributed by atoms with Crippen LogP contribution in [0.3, 0.4) is 0 Å². The predicted octanol–water partition coefficient (Wildman–Crippen LogP) is 4.68. The Hall–Kier alpha value is -1.82. The lowest BCUT2D eigenvalue weighted by Crippen LogP contribution is -2.45. The number of benzene rings is 2. The fraction of sp³-hybridized carbons (Fsp3) is 0.350. The van der Waals surface area contributed by atoms with Gasteiger partial charge in [0.05, 0.1) is 33.5 Å². The van der Waals surface area contributed by atoms with Crippen LogP contribution in [-0.2, 0) is 11.3 Å². The Morgan fingerprint density at radius 2 is 1.93 bits per heavy atom. The average Bonchev–Trinajstić information content (AvgIpc) is 2.61. The van der Waals surface area contributed by atoms with Crippen LogP contribution in [0, 0.1) is 5.82 Å². The highest BCUT2D eigenvalue weighted by Crippen LogP contribution is 2.26. The lowest BCUT2D eigenvalue weighted by Gasteiger charge is -2.37. The molecule has 2 aromatic carbocycles. The van der Waals surface area contributed by atoms with Gasteiger partial charge < -0.3 is 15.0 Å². The third kappa shape index (κ3) is 4.72. The van der Waals surface area contributed by atoms with Crippen molar-refractivity contribution in [2.45, 2.75) is 32.6 Å². The normalized spacial score (nSPS) is 19.8. The van der Waals surface area contributed by atoms with Gasteiger partial charge in [0, 0.05) is 19.6 Å². The van der Waals surface area contributed by atoms with Crippen molar-refractivity contribution >= 4 is 34.8 Å². The number of amides is 1. The number of carbonyl (C=O) groups excluding carboxylic acids is 1. The maximum atomic E-state index is 14.6. The Labute approximate surface area is 168 Å². The number of anilines is 1. The molecule has 0 saturated carbocycles. The van der Waals surface area contributed by atoms with E-state index in [1.807, 2.05) is 24.8 Å². The van der Waals surface area contributed by atoms with Gasteiger partial charge in [-0.1, -0.05) is 35.3 Å². The molecule has 0 spiro atoms. The molecule has 0 aromatic heterocycles. The standard InChI is InChI=1S/C20H21Cl2FN2O2/c1-12-10-25(11-13(2)27-12)18-7-6-14(8-17(18)23)9-24-20(26)15-4-3-5-16(21)19(15)22/h3-8,12-13H,9-11H2,1-2H3,(H,24,26). The molecule has 3 rings (SSSR count). The van der Waals surface area contributed by atoms with E-state index in [0.29, 0.717) is 29.4 Å². The van der Waals surface area contributed by atoms with Gasteiger partial charge in [-0.15, -0.1) is 0 Å². The monoisotopic (exact) mass is 410 g/mol. The lowest BCUT2D eigenvalue weighted by molar-refractivity contribution is -0.00539. The largest absolute Gasteiger partial charge is 0.372 e. The van der Waals surface area contributed by atoms with Crippen molar-refractivity contribution in [1.82, 2.24) is 5.32 Å². The second-order valence-electron chi connectivity index (χ2n) is 6.73. The molecule has 1 heterocycles. The first-order valence-corrected chi connectivity index (χ1v) is 9.51. The number of ether oxygens (including phenoxy) is 1. The number of carbonyl (C=O) groups is 1. The molecule has 0 aliphatic carbocycles. The summed E-state index contributed by atoms with van der Waals surface area (Å²) in [6.07, 6.45) is 0.101. The Morgan fingerprint density at radius 1 is 1.22 bits per heavy atom. The number of hydrogen-bond acceptors (Lipinski definition) is 3. The SMILES string of the molecule is CC1CN(c2ccc(CNC(=O)c3cccc(Cl)c3Cl)cc2F)CC(C)O1. The number of halogens is 3. The summed E-state index contributed by atoms with van der Waals surface area (Å²) in [6.45, 7) is 5.43. The molecule has 0 radical (unpaired) electrons. The molecule has 0 bridgehead atoms. The van der Waals surface area contributed by atoms with Gasteiger partial charge in [0.25, 0.3) is 5.91 Å². The minimum absolute atomic E-state index is 0.0505. The predicted molar refractivity (Wildman–Crippen MR) is 106 cm³/mol. The van der Waals surface area contributed by atoms with E-state index in [9.17, 15) is 9.18 Å². The summed E-state index contributed by atoms with van der Waals surface area (Å²) < 4.78 is 20.3. The van der Waals surface area contributed by atoms with Gasteiger partial charge in [0.1, 0.15) is 5.82 Å². The molecule has 2 aromatic rings. The second kappa shape index (κ2) is 8.46. The van der Waals surface area contributed by atoms with Gasteiger partial charge in [-0.2, -0.15) is 0 Å². The number of nitrogens with one attached hydrogen (secondary N) is 1. The minimum Gasteiger partial charge on any atom is -0.372 e. The van der Waals surface area contributed by atoms with Gasteiger partial charge >= 0.3 is 0 Å². The van der Waals surface area contributed by atoms with Crippen LogP contribution < -0.4 is 10.2 Å². The van der Waals surface area contributed by atoms with Crippen molar-refractivity contribution in [2.75, 3.05) is 18.0 Å². The zero-order valence-corrected chi connectivity index (χ0v) is 16.6. The van der Waals surface area contributed by atoms with Gasteiger partial charge in [0.2, 0.25) is 0 Å². The topological polar surface area (TPSA) is 41.6 Å². The maximum absolute atomic E-state index is 14.6. The molecule has 7 heteroatoms. The van der Waals surface area contributed by atoms with Crippen molar-refractivity contribution in [3.05, 3.63) is 63.4 Å². The molecule has 1 amide bonds. The Balaban J connectivity index is 1.67.